The van der Waals surface area contributed by atoms with Gasteiger partial charge in [0.1, 0.15) is 5.25 Å². The molecule has 0 aliphatic carbocycles. The number of carbonyl (C=O) groups is 2. The minimum atomic E-state index is -0.541. The molecule has 32 heavy (non-hydrogen) atoms. The van der Waals surface area contributed by atoms with E-state index in [1.165, 1.54) is 28.0 Å². The van der Waals surface area contributed by atoms with Crippen LogP contribution in [0.5, 0.6) is 11.5 Å². The van der Waals surface area contributed by atoms with Crippen molar-refractivity contribution >= 4 is 52.8 Å². The Kier molecular flexibility index (Phi) is 5.35. The van der Waals surface area contributed by atoms with E-state index >= 15 is 0 Å². The lowest BCUT2D eigenvalue weighted by Gasteiger charge is -2.30. The van der Waals surface area contributed by atoms with Gasteiger partial charge in [0.05, 0.1) is 30.9 Å². The van der Waals surface area contributed by atoms with Gasteiger partial charge in [-0.3, -0.25) is 9.59 Å². The monoisotopic (exact) mass is 484 g/mol. The molecule has 164 valence electrons. The number of rotatable bonds is 4. The first-order valence-electron chi connectivity index (χ1n) is 9.99. The number of hydrogen-bond donors (Lipinski definition) is 1. The van der Waals surface area contributed by atoms with E-state index < -0.39 is 11.2 Å². The molecule has 9 heteroatoms. The summed E-state index contributed by atoms with van der Waals surface area (Å²) < 4.78 is 11.5. The lowest BCUT2D eigenvalue weighted by Crippen LogP contribution is -2.32. The van der Waals surface area contributed by atoms with Crippen LogP contribution in [-0.4, -0.2) is 36.3 Å². The van der Waals surface area contributed by atoms with E-state index in [0.29, 0.717) is 21.1 Å². The molecule has 3 heterocycles. The summed E-state index contributed by atoms with van der Waals surface area (Å²) in [6, 6.07) is 13.1. The zero-order chi connectivity index (χ0) is 22.6. The van der Waals surface area contributed by atoms with Crippen LogP contribution in [0.1, 0.15) is 21.9 Å². The van der Waals surface area contributed by atoms with Crippen LogP contribution in [0.25, 0.3) is 0 Å². The summed E-state index contributed by atoms with van der Waals surface area (Å²) in [7, 11) is 3.16. The molecule has 2 amide bonds. The largest absolute Gasteiger partial charge is 0.493 e. The Labute approximate surface area is 198 Å². The topological polar surface area (TPSA) is 71.6 Å². The molecule has 1 N–H and O–H groups in total. The molecule has 0 saturated carbocycles. The van der Waals surface area contributed by atoms with Gasteiger partial charge in [0.25, 0.3) is 0 Å². The highest BCUT2D eigenvalue weighted by atomic mass is 32.2. The van der Waals surface area contributed by atoms with Crippen LogP contribution in [0.15, 0.2) is 47.5 Å². The summed E-state index contributed by atoms with van der Waals surface area (Å²) in [6.07, 6.45) is 0. The molecule has 0 spiro atoms. The van der Waals surface area contributed by atoms with Gasteiger partial charge in [-0.15, -0.1) is 11.3 Å². The van der Waals surface area contributed by atoms with Crippen molar-refractivity contribution in [2.24, 2.45) is 5.92 Å². The Morgan fingerprint density at radius 2 is 1.72 bits per heavy atom. The fourth-order valence-electron chi connectivity index (χ4n) is 4.37. The summed E-state index contributed by atoms with van der Waals surface area (Å²) in [6.45, 7) is 1.97. The summed E-state index contributed by atoms with van der Waals surface area (Å²) in [5, 5.41) is 0.322. The number of nitrogens with zero attached hydrogens (tertiary/aromatic N) is 1. The van der Waals surface area contributed by atoms with Crippen LogP contribution in [0.4, 0.5) is 5.69 Å². The standard InChI is InChI=1S/C23H20N2O4S3/c1-11-4-7-13(8-5-11)25-21(26)17-16(12-6-9-14(28-2)15(10-12)29-3)18-20(24-23(30)32-18)31-19(17)22(25)27/h4-10,16-17,19H,1-3H3,(H,24,30)/t16-,17+,19-/m0/s1. The lowest BCUT2D eigenvalue weighted by atomic mass is 9.83. The van der Waals surface area contributed by atoms with E-state index in [0.717, 1.165) is 21.0 Å². The average Bonchev–Trinajstić information content (AvgIpc) is 3.28. The first-order valence-corrected chi connectivity index (χ1v) is 12.1. The van der Waals surface area contributed by atoms with E-state index in [9.17, 15) is 9.59 Å². The van der Waals surface area contributed by atoms with E-state index in [-0.39, 0.29) is 17.7 Å². The predicted octanol–water partition coefficient (Wildman–Crippen LogP) is 4.93. The minimum absolute atomic E-state index is 0.193. The number of benzene rings is 2. The Morgan fingerprint density at radius 3 is 2.41 bits per heavy atom. The molecule has 0 radical (unpaired) electrons. The summed E-state index contributed by atoms with van der Waals surface area (Å²) in [5.41, 5.74) is 2.55. The number of carbonyl (C=O) groups excluding carboxylic acids is 2. The molecular formula is C23H20N2O4S3. The summed E-state index contributed by atoms with van der Waals surface area (Å²) in [4.78, 5) is 32.7. The number of thioether (sulfide) groups is 1. The molecule has 2 aliphatic rings. The van der Waals surface area contributed by atoms with Crippen molar-refractivity contribution < 1.29 is 19.1 Å². The number of aryl methyl sites for hydroxylation is 1. The van der Waals surface area contributed by atoms with Crippen molar-refractivity contribution in [1.82, 2.24) is 4.98 Å². The fraction of sp³-hybridized carbons (Fsp3) is 0.261. The van der Waals surface area contributed by atoms with Crippen molar-refractivity contribution in [3.05, 3.63) is 62.4 Å². The zero-order valence-corrected chi connectivity index (χ0v) is 20.0. The second kappa shape index (κ2) is 8.06. The van der Waals surface area contributed by atoms with Crippen molar-refractivity contribution in [3.63, 3.8) is 0 Å². The summed E-state index contributed by atoms with van der Waals surface area (Å²) >= 11 is 8.25. The Balaban J connectivity index is 1.65. The molecule has 0 bridgehead atoms. The second-order valence-corrected chi connectivity index (χ2v) is 10.6. The molecule has 5 rings (SSSR count). The molecule has 2 aromatic carbocycles. The van der Waals surface area contributed by atoms with Crippen molar-refractivity contribution in [1.29, 1.82) is 0 Å². The molecule has 3 aromatic rings. The number of thiazole rings is 1. The Hall–Kier alpha value is -2.62. The Morgan fingerprint density at radius 1 is 1.00 bits per heavy atom. The number of aromatic nitrogens is 1. The van der Waals surface area contributed by atoms with Gasteiger partial charge >= 0.3 is 0 Å². The van der Waals surface area contributed by atoms with Gasteiger partial charge in [-0.2, -0.15) is 0 Å². The Bertz CT molecular complexity index is 1280. The smallest absolute Gasteiger partial charge is 0.248 e. The molecule has 2 aliphatic heterocycles. The second-order valence-electron chi connectivity index (χ2n) is 7.71. The molecule has 1 fully saturated rings. The molecule has 6 nitrogen and oxygen atoms in total. The number of anilines is 1. The van der Waals surface area contributed by atoms with Gasteiger partial charge in [0, 0.05) is 10.8 Å². The molecular weight excluding hydrogens is 464 g/mol. The van der Waals surface area contributed by atoms with E-state index in [4.69, 9.17) is 21.7 Å². The van der Waals surface area contributed by atoms with E-state index in [2.05, 4.69) is 4.98 Å². The van der Waals surface area contributed by atoms with Crippen LogP contribution in [0.3, 0.4) is 0 Å². The third-order valence-electron chi connectivity index (χ3n) is 5.88. The van der Waals surface area contributed by atoms with Gasteiger partial charge in [-0.1, -0.05) is 35.5 Å². The normalized spacial score (nSPS) is 22.0. The predicted molar refractivity (Wildman–Crippen MR) is 128 cm³/mol. The fourth-order valence-corrected chi connectivity index (χ4v) is 7.33. The molecule has 1 saturated heterocycles. The van der Waals surface area contributed by atoms with E-state index in [1.807, 2.05) is 49.4 Å². The third-order valence-corrected chi connectivity index (χ3v) is 8.64. The van der Waals surface area contributed by atoms with Crippen molar-refractivity contribution in [3.8, 4) is 11.5 Å². The van der Waals surface area contributed by atoms with Gasteiger partial charge in [-0.25, -0.2) is 4.90 Å². The van der Waals surface area contributed by atoms with Crippen LogP contribution in [0, 0.1) is 16.8 Å². The number of methoxy groups -OCH3 is 2. The van der Waals surface area contributed by atoms with Gasteiger partial charge in [0.15, 0.2) is 15.5 Å². The molecule has 3 atom stereocenters. The quantitative estimate of drug-likeness (QED) is 0.418. The highest BCUT2D eigenvalue weighted by Crippen LogP contribution is 2.54. The number of amides is 2. The molecule has 1 aromatic heterocycles. The number of ether oxygens (including phenoxy) is 2. The van der Waals surface area contributed by atoms with Gasteiger partial charge < -0.3 is 14.5 Å². The maximum Gasteiger partial charge on any atom is 0.248 e. The number of nitrogens with one attached hydrogen (secondary N) is 1. The maximum absolute atomic E-state index is 13.7. The molecule has 0 unspecified atom stereocenters. The maximum atomic E-state index is 13.7. The highest BCUT2D eigenvalue weighted by molar-refractivity contribution is 8.01. The first-order chi connectivity index (χ1) is 15.4. The van der Waals surface area contributed by atoms with Crippen molar-refractivity contribution in [2.75, 3.05) is 19.1 Å². The van der Waals surface area contributed by atoms with E-state index in [1.54, 1.807) is 14.2 Å². The third kappa shape index (κ3) is 3.27. The van der Waals surface area contributed by atoms with Gasteiger partial charge in [0.2, 0.25) is 11.8 Å². The summed E-state index contributed by atoms with van der Waals surface area (Å²) in [5.74, 6) is -0.0685. The van der Waals surface area contributed by atoms with Gasteiger partial charge in [-0.05, 0) is 49.0 Å². The minimum Gasteiger partial charge on any atom is -0.493 e. The van der Waals surface area contributed by atoms with Crippen molar-refractivity contribution in [2.45, 2.75) is 23.1 Å². The average molecular weight is 485 g/mol. The van der Waals surface area contributed by atoms with Crippen LogP contribution < -0.4 is 14.4 Å². The van der Waals surface area contributed by atoms with Crippen LogP contribution in [-0.2, 0) is 9.59 Å². The number of imide groups is 1. The number of hydrogen-bond acceptors (Lipinski definition) is 7. The SMILES string of the molecule is COc1ccc([C@@H]2c3sc(=S)[nH]c3S[C@@H]3C(=O)N(c4ccc(C)cc4)C(=O)[C@H]23)cc1OC. The lowest BCUT2D eigenvalue weighted by molar-refractivity contribution is -0.122. The number of H-pyrrole nitrogens is 1. The zero-order valence-electron chi connectivity index (χ0n) is 17.6. The highest BCUT2D eigenvalue weighted by Gasteiger charge is 2.56. The number of aromatic amines is 1. The first kappa shape index (κ1) is 21.2. The van der Waals surface area contributed by atoms with Crippen LogP contribution in [0.2, 0.25) is 0 Å². The number of fused-ring (bicyclic) bond motifs is 2. The van der Waals surface area contributed by atoms with Crippen LogP contribution >= 0.6 is 35.3 Å².